The molecule has 1 unspecified atom stereocenters. The molecule has 0 saturated carbocycles. The monoisotopic (exact) mass is 250 g/mol. The van der Waals surface area contributed by atoms with Crippen LogP contribution in [0.25, 0.3) is 0 Å². The molecule has 14 heavy (non-hydrogen) atoms. The van der Waals surface area contributed by atoms with Crippen LogP contribution < -0.4 is 0 Å². The van der Waals surface area contributed by atoms with E-state index < -0.39 is 0 Å². The molecule has 3 heteroatoms. The molecule has 1 rings (SSSR count). The molecule has 0 amide bonds. The first kappa shape index (κ1) is 12.2. The molecule has 0 bridgehead atoms. The Labute approximate surface area is 100 Å². The Morgan fingerprint density at radius 3 is 2.43 bits per heavy atom. The maximum atomic E-state index is 6.24. The summed E-state index contributed by atoms with van der Waals surface area (Å²) in [6, 6.07) is 5.39. The predicted molar refractivity (Wildman–Crippen MR) is 64.5 cm³/mol. The zero-order valence-corrected chi connectivity index (χ0v) is 10.5. The van der Waals surface area contributed by atoms with E-state index in [2.05, 4.69) is 13.8 Å². The van der Waals surface area contributed by atoms with Gasteiger partial charge in [0.15, 0.2) is 0 Å². The van der Waals surface area contributed by atoms with Crippen molar-refractivity contribution in [2.45, 2.75) is 25.6 Å². The lowest BCUT2D eigenvalue weighted by Gasteiger charge is -2.14. The molecule has 0 nitrogen and oxygen atoms in total. The van der Waals surface area contributed by atoms with Crippen molar-refractivity contribution in [1.29, 1.82) is 0 Å². The van der Waals surface area contributed by atoms with Gasteiger partial charge in [0.2, 0.25) is 0 Å². The van der Waals surface area contributed by atoms with Gasteiger partial charge in [-0.15, -0.1) is 11.6 Å². The lowest BCUT2D eigenvalue weighted by molar-refractivity contribution is 0.575. The van der Waals surface area contributed by atoms with Crippen LogP contribution >= 0.6 is 34.8 Å². The van der Waals surface area contributed by atoms with Crippen molar-refractivity contribution in [2.75, 3.05) is 0 Å². The van der Waals surface area contributed by atoms with E-state index in [4.69, 9.17) is 34.8 Å². The lowest BCUT2D eigenvalue weighted by atomic mass is 10.0. The van der Waals surface area contributed by atoms with Crippen LogP contribution in [-0.2, 0) is 0 Å². The lowest BCUT2D eigenvalue weighted by Crippen LogP contribution is -1.97. The summed E-state index contributed by atoms with van der Waals surface area (Å²) < 4.78 is 0. The van der Waals surface area contributed by atoms with E-state index >= 15 is 0 Å². The first-order chi connectivity index (χ1) is 6.50. The number of rotatable bonds is 3. The third-order valence-corrected chi connectivity index (χ3v) is 2.97. The highest BCUT2D eigenvalue weighted by Gasteiger charge is 2.13. The molecular formula is C11H13Cl3. The van der Waals surface area contributed by atoms with Crippen molar-refractivity contribution in [3.8, 4) is 0 Å². The van der Waals surface area contributed by atoms with Crippen LogP contribution in [0, 0.1) is 5.92 Å². The van der Waals surface area contributed by atoms with E-state index in [1.54, 1.807) is 12.1 Å². The predicted octanol–water partition coefficient (Wildman–Crippen LogP) is 5.32. The summed E-state index contributed by atoms with van der Waals surface area (Å²) in [6.45, 7) is 4.27. The number of halogens is 3. The Morgan fingerprint density at radius 1 is 1.21 bits per heavy atom. The van der Waals surface area contributed by atoms with E-state index in [9.17, 15) is 0 Å². The van der Waals surface area contributed by atoms with Crippen molar-refractivity contribution in [2.24, 2.45) is 5.92 Å². The molecular weight excluding hydrogens is 238 g/mol. The molecule has 0 aliphatic heterocycles. The van der Waals surface area contributed by atoms with Crippen LogP contribution in [0.15, 0.2) is 18.2 Å². The highest BCUT2D eigenvalue weighted by atomic mass is 35.5. The van der Waals surface area contributed by atoms with Gasteiger partial charge in [-0.05, 0) is 36.1 Å². The molecule has 0 N–H and O–H groups in total. The maximum absolute atomic E-state index is 6.24. The van der Waals surface area contributed by atoms with Gasteiger partial charge in [0.05, 0.1) is 5.38 Å². The molecule has 0 fully saturated rings. The Kier molecular flexibility index (Phi) is 4.56. The summed E-state index contributed by atoms with van der Waals surface area (Å²) in [5.41, 5.74) is 0.925. The molecule has 0 heterocycles. The maximum Gasteiger partial charge on any atom is 0.0602 e. The minimum atomic E-state index is -0.0544. The van der Waals surface area contributed by atoms with Gasteiger partial charge >= 0.3 is 0 Å². The van der Waals surface area contributed by atoms with Crippen LogP contribution in [0.1, 0.15) is 31.2 Å². The highest BCUT2D eigenvalue weighted by molar-refractivity contribution is 6.34. The van der Waals surface area contributed by atoms with Gasteiger partial charge in [0.25, 0.3) is 0 Å². The summed E-state index contributed by atoms with van der Waals surface area (Å²) in [5, 5.41) is 1.31. The molecule has 0 saturated heterocycles. The SMILES string of the molecule is CC(C)CC(Cl)c1cc(Cl)ccc1Cl. The second kappa shape index (κ2) is 5.25. The third kappa shape index (κ3) is 3.34. The average molecular weight is 252 g/mol. The second-order valence-corrected chi connectivity index (χ2v) is 5.13. The molecule has 0 radical (unpaired) electrons. The van der Waals surface area contributed by atoms with Crippen molar-refractivity contribution < 1.29 is 0 Å². The summed E-state index contributed by atoms with van der Waals surface area (Å²) in [7, 11) is 0. The smallest absolute Gasteiger partial charge is 0.0602 e. The third-order valence-electron chi connectivity index (χ3n) is 1.97. The van der Waals surface area contributed by atoms with Crippen molar-refractivity contribution >= 4 is 34.8 Å². The Hall–Kier alpha value is 0.0900. The summed E-state index contributed by atoms with van der Waals surface area (Å²) >= 11 is 18.1. The molecule has 0 aromatic heterocycles. The molecule has 1 atom stereocenters. The van der Waals surface area contributed by atoms with Gasteiger partial charge in [0.1, 0.15) is 0 Å². The minimum Gasteiger partial charge on any atom is -0.118 e. The van der Waals surface area contributed by atoms with Gasteiger partial charge < -0.3 is 0 Å². The van der Waals surface area contributed by atoms with Gasteiger partial charge in [-0.1, -0.05) is 37.0 Å². The largest absolute Gasteiger partial charge is 0.118 e. The van der Waals surface area contributed by atoms with Gasteiger partial charge in [-0.25, -0.2) is 0 Å². The first-order valence-corrected chi connectivity index (χ1v) is 5.79. The molecule has 1 aromatic carbocycles. The van der Waals surface area contributed by atoms with Crippen LogP contribution in [0.5, 0.6) is 0 Å². The Bertz CT molecular complexity index is 307. The van der Waals surface area contributed by atoms with E-state index in [-0.39, 0.29) is 5.38 Å². The van der Waals surface area contributed by atoms with Crippen molar-refractivity contribution in [1.82, 2.24) is 0 Å². The van der Waals surface area contributed by atoms with Crippen LogP contribution in [0.2, 0.25) is 10.0 Å². The number of alkyl halides is 1. The Balaban J connectivity index is 2.88. The molecule has 78 valence electrons. The fraction of sp³-hybridized carbons (Fsp3) is 0.455. The fourth-order valence-corrected chi connectivity index (χ4v) is 2.32. The molecule has 0 spiro atoms. The number of benzene rings is 1. The average Bonchev–Trinajstić information content (AvgIpc) is 2.08. The van der Waals surface area contributed by atoms with E-state index in [1.807, 2.05) is 6.07 Å². The molecule has 0 aliphatic rings. The fourth-order valence-electron chi connectivity index (χ4n) is 1.30. The topological polar surface area (TPSA) is 0 Å². The van der Waals surface area contributed by atoms with Crippen LogP contribution in [0.3, 0.4) is 0 Å². The normalized spacial score (nSPS) is 13.3. The van der Waals surface area contributed by atoms with Gasteiger partial charge in [0, 0.05) is 10.0 Å². The van der Waals surface area contributed by atoms with Crippen LogP contribution in [0.4, 0.5) is 0 Å². The summed E-state index contributed by atoms with van der Waals surface area (Å²) in [6.07, 6.45) is 0.904. The van der Waals surface area contributed by atoms with Gasteiger partial charge in [-0.3, -0.25) is 0 Å². The van der Waals surface area contributed by atoms with E-state index in [0.29, 0.717) is 16.0 Å². The molecule has 1 aromatic rings. The minimum absolute atomic E-state index is 0.0544. The number of hydrogen-bond acceptors (Lipinski definition) is 0. The highest BCUT2D eigenvalue weighted by Crippen LogP contribution is 2.34. The van der Waals surface area contributed by atoms with E-state index in [0.717, 1.165) is 12.0 Å². The van der Waals surface area contributed by atoms with Gasteiger partial charge in [-0.2, -0.15) is 0 Å². The van der Waals surface area contributed by atoms with Crippen molar-refractivity contribution in [3.63, 3.8) is 0 Å². The van der Waals surface area contributed by atoms with Crippen LogP contribution in [-0.4, -0.2) is 0 Å². The van der Waals surface area contributed by atoms with E-state index in [1.165, 1.54) is 0 Å². The second-order valence-electron chi connectivity index (χ2n) is 3.76. The zero-order chi connectivity index (χ0) is 10.7. The molecule has 0 aliphatic carbocycles. The summed E-state index contributed by atoms with van der Waals surface area (Å²) in [4.78, 5) is 0. The van der Waals surface area contributed by atoms with Crippen molar-refractivity contribution in [3.05, 3.63) is 33.8 Å². The Morgan fingerprint density at radius 2 is 1.86 bits per heavy atom. The number of hydrogen-bond donors (Lipinski definition) is 0. The summed E-state index contributed by atoms with van der Waals surface area (Å²) in [5.74, 6) is 0.549. The standard InChI is InChI=1S/C11H13Cl3/c1-7(2)5-11(14)9-6-8(12)3-4-10(9)13/h3-4,6-7,11H,5H2,1-2H3. The zero-order valence-electron chi connectivity index (χ0n) is 8.23. The quantitative estimate of drug-likeness (QED) is 0.638. The first-order valence-electron chi connectivity index (χ1n) is 4.59.